The van der Waals surface area contributed by atoms with Gasteiger partial charge < -0.3 is 10.6 Å². The SMILES string of the molecule is O=C(NCc1ccc(C(=O)NC2CCCCC2)cc1)c1ccccc1. The lowest BCUT2D eigenvalue weighted by Gasteiger charge is -2.22. The molecule has 0 unspecified atom stereocenters. The van der Waals surface area contributed by atoms with Gasteiger partial charge in [0.2, 0.25) is 0 Å². The summed E-state index contributed by atoms with van der Waals surface area (Å²) in [5, 5.41) is 6.01. The molecule has 2 N–H and O–H groups in total. The molecular weight excluding hydrogens is 312 g/mol. The molecule has 0 atom stereocenters. The van der Waals surface area contributed by atoms with Crippen LogP contribution < -0.4 is 10.6 Å². The van der Waals surface area contributed by atoms with E-state index < -0.39 is 0 Å². The number of hydrogen-bond acceptors (Lipinski definition) is 2. The largest absolute Gasteiger partial charge is 0.349 e. The van der Waals surface area contributed by atoms with Gasteiger partial charge in [-0.15, -0.1) is 0 Å². The van der Waals surface area contributed by atoms with Crippen molar-refractivity contribution in [3.63, 3.8) is 0 Å². The molecule has 0 heterocycles. The molecule has 2 aromatic carbocycles. The van der Waals surface area contributed by atoms with Crippen molar-refractivity contribution in [2.75, 3.05) is 0 Å². The van der Waals surface area contributed by atoms with E-state index in [1.165, 1.54) is 19.3 Å². The summed E-state index contributed by atoms with van der Waals surface area (Å²) < 4.78 is 0. The Morgan fingerprint density at radius 3 is 2.12 bits per heavy atom. The minimum Gasteiger partial charge on any atom is -0.349 e. The third-order valence-corrected chi connectivity index (χ3v) is 4.65. The first-order valence-electron chi connectivity index (χ1n) is 8.95. The lowest BCUT2D eigenvalue weighted by molar-refractivity contribution is 0.0924. The molecule has 0 saturated heterocycles. The van der Waals surface area contributed by atoms with Crippen LogP contribution in [0.5, 0.6) is 0 Å². The molecule has 0 bridgehead atoms. The van der Waals surface area contributed by atoms with Gasteiger partial charge >= 0.3 is 0 Å². The Kier molecular flexibility index (Phi) is 5.83. The minimum absolute atomic E-state index is 0.00762. The molecule has 2 amide bonds. The molecule has 1 saturated carbocycles. The Labute approximate surface area is 148 Å². The van der Waals surface area contributed by atoms with E-state index in [0.29, 0.717) is 23.7 Å². The highest BCUT2D eigenvalue weighted by molar-refractivity contribution is 5.95. The second kappa shape index (κ2) is 8.47. The fourth-order valence-corrected chi connectivity index (χ4v) is 3.16. The summed E-state index contributed by atoms with van der Waals surface area (Å²) in [6.45, 7) is 0.443. The number of nitrogens with one attached hydrogen (secondary N) is 2. The number of rotatable bonds is 5. The van der Waals surface area contributed by atoms with Crippen LogP contribution in [0.4, 0.5) is 0 Å². The summed E-state index contributed by atoms with van der Waals surface area (Å²) >= 11 is 0. The molecule has 4 nitrogen and oxygen atoms in total. The fourth-order valence-electron chi connectivity index (χ4n) is 3.16. The highest BCUT2D eigenvalue weighted by atomic mass is 16.2. The van der Waals surface area contributed by atoms with Gasteiger partial charge in [0.25, 0.3) is 11.8 Å². The fraction of sp³-hybridized carbons (Fsp3) is 0.333. The van der Waals surface area contributed by atoms with Crippen molar-refractivity contribution >= 4 is 11.8 Å². The lowest BCUT2D eigenvalue weighted by atomic mass is 9.95. The smallest absolute Gasteiger partial charge is 0.251 e. The molecule has 3 rings (SSSR count). The van der Waals surface area contributed by atoms with Crippen LogP contribution in [0.15, 0.2) is 54.6 Å². The van der Waals surface area contributed by atoms with Crippen molar-refractivity contribution in [3.8, 4) is 0 Å². The summed E-state index contributed by atoms with van der Waals surface area (Å²) in [6, 6.07) is 16.9. The van der Waals surface area contributed by atoms with E-state index >= 15 is 0 Å². The molecule has 2 aromatic rings. The molecule has 130 valence electrons. The monoisotopic (exact) mass is 336 g/mol. The zero-order chi connectivity index (χ0) is 17.5. The standard InChI is InChI=1S/C21H24N2O2/c24-20(17-7-3-1-4-8-17)22-15-16-11-13-18(14-12-16)21(25)23-19-9-5-2-6-10-19/h1,3-4,7-8,11-14,19H,2,5-6,9-10,15H2,(H,22,24)(H,23,25). The van der Waals surface area contributed by atoms with Crippen molar-refractivity contribution in [2.24, 2.45) is 0 Å². The Hall–Kier alpha value is -2.62. The number of amides is 2. The van der Waals surface area contributed by atoms with Gasteiger partial charge in [0, 0.05) is 23.7 Å². The molecule has 1 aliphatic carbocycles. The summed E-state index contributed by atoms with van der Waals surface area (Å²) in [6.07, 6.45) is 5.83. The summed E-state index contributed by atoms with van der Waals surface area (Å²) in [5.41, 5.74) is 2.29. The maximum atomic E-state index is 12.3. The molecule has 0 aliphatic heterocycles. The number of carbonyl (C=O) groups is 2. The van der Waals surface area contributed by atoms with E-state index in [2.05, 4.69) is 10.6 Å². The van der Waals surface area contributed by atoms with Gasteiger partial charge in [-0.3, -0.25) is 9.59 Å². The highest BCUT2D eigenvalue weighted by Gasteiger charge is 2.16. The van der Waals surface area contributed by atoms with Gasteiger partial charge in [-0.1, -0.05) is 49.6 Å². The van der Waals surface area contributed by atoms with Crippen LogP contribution >= 0.6 is 0 Å². The van der Waals surface area contributed by atoms with Gasteiger partial charge in [0.15, 0.2) is 0 Å². The molecule has 4 heteroatoms. The van der Waals surface area contributed by atoms with Gasteiger partial charge in [-0.25, -0.2) is 0 Å². The third kappa shape index (κ3) is 4.92. The molecular formula is C21H24N2O2. The Balaban J connectivity index is 1.51. The number of benzene rings is 2. The predicted octanol–water partition coefficient (Wildman–Crippen LogP) is 3.68. The van der Waals surface area contributed by atoms with E-state index in [1.54, 1.807) is 12.1 Å². The molecule has 0 aromatic heterocycles. The summed E-state index contributed by atoms with van der Waals surface area (Å²) in [5.74, 6) is -0.105. The third-order valence-electron chi connectivity index (χ3n) is 4.65. The van der Waals surface area contributed by atoms with Gasteiger partial charge in [-0.2, -0.15) is 0 Å². The molecule has 0 spiro atoms. The van der Waals surface area contributed by atoms with Crippen LogP contribution in [-0.2, 0) is 6.54 Å². The first kappa shape index (κ1) is 17.2. The van der Waals surface area contributed by atoms with Crippen molar-refractivity contribution < 1.29 is 9.59 Å². The first-order chi connectivity index (χ1) is 12.2. The van der Waals surface area contributed by atoms with E-state index in [0.717, 1.165) is 18.4 Å². The van der Waals surface area contributed by atoms with Crippen LogP contribution in [0.3, 0.4) is 0 Å². The van der Waals surface area contributed by atoms with Crippen LogP contribution in [-0.4, -0.2) is 17.9 Å². The summed E-state index contributed by atoms with van der Waals surface area (Å²) in [4.78, 5) is 24.3. The van der Waals surface area contributed by atoms with E-state index in [1.807, 2.05) is 42.5 Å². The zero-order valence-corrected chi connectivity index (χ0v) is 14.3. The molecule has 1 aliphatic rings. The zero-order valence-electron chi connectivity index (χ0n) is 14.3. The van der Waals surface area contributed by atoms with E-state index in [4.69, 9.17) is 0 Å². The van der Waals surface area contributed by atoms with E-state index in [9.17, 15) is 9.59 Å². The van der Waals surface area contributed by atoms with Crippen LogP contribution in [0.25, 0.3) is 0 Å². The molecule has 1 fully saturated rings. The van der Waals surface area contributed by atoms with Crippen molar-refractivity contribution in [3.05, 3.63) is 71.3 Å². The summed E-state index contributed by atoms with van der Waals surface area (Å²) in [7, 11) is 0. The molecule has 25 heavy (non-hydrogen) atoms. The topological polar surface area (TPSA) is 58.2 Å². The second-order valence-corrected chi connectivity index (χ2v) is 6.55. The molecule has 0 radical (unpaired) electrons. The average molecular weight is 336 g/mol. The first-order valence-corrected chi connectivity index (χ1v) is 8.95. The maximum absolute atomic E-state index is 12.3. The second-order valence-electron chi connectivity index (χ2n) is 6.55. The van der Waals surface area contributed by atoms with Crippen molar-refractivity contribution in [2.45, 2.75) is 44.7 Å². The quantitative estimate of drug-likeness (QED) is 0.875. The Morgan fingerprint density at radius 2 is 1.44 bits per heavy atom. The van der Waals surface area contributed by atoms with Crippen molar-refractivity contribution in [1.82, 2.24) is 10.6 Å². The minimum atomic E-state index is -0.0975. The van der Waals surface area contributed by atoms with Crippen LogP contribution in [0, 0.1) is 0 Å². The maximum Gasteiger partial charge on any atom is 0.251 e. The normalized spacial score (nSPS) is 14.7. The predicted molar refractivity (Wildman–Crippen MR) is 98.4 cm³/mol. The number of carbonyl (C=O) groups excluding carboxylic acids is 2. The van der Waals surface area contributed by atoms with Crippen molar-refractivity contribution in [1.29, 1.82) is 0 Å². The van der Waals surface area contributed by atoms with Crippen LogP contribution in [0.1, 0.15) is 58.4 Å². The highest BCUT2D eigenvalue weighted by Crippen LogP contribution is 2.18. The number of hydrogen-bond donors (Lipinski definition) is 2. The average Bonchev–Trinajstić information content (AvgIpc) is 2.68. The van der Waals surface area contributed by atoms with E-state index in [-0.39, 0.29) is 11.8 Å². The van der Waals surface area contributed by atoms with Gasteiger partial charge in [0.05, 0.1) is 0 Å². The Morgan fingerprint density at radius 1 is 0.800 bits per heavy atom. The lowest BCUT2D eigenvalue weighted by Crippen LogP contribution is -2.36. The van der Waals surface area contributed by atoms with Gasteiger partial charge in [-0.05, 0) is 42.7 Å². The Bertz CT molecular complexity index is 704. The van der Waals surface area contributed by atoms with Gasteiger partial charge in [0.1, 0.15) is 0 Å². The van der Waals surface area contributed by atoms with Crippen LogP contribution in [0.2, 0.25) is 0 Å².